The number of nitro groups is 1. The number of sulfonamides is 1. The molecule has 0 unspecified atom stereocenters. The first-order chi connectivity index (χ1) is 10.2. The molecule has 1 aromatic heterocycles. The summed E-state index contributed by atoms with van der Waals surface area (Å²) >= 11 is 0. The van der Waals surface area contributed by atoms with Crippen LogP contribution in [0.25, 0.3) is 0 Å². The minimum Gasteiger partial charge on any atom is -0.263 e. The van der Waals surface area contributed by atoms with Crippen LogP contribution in [-0.2, 0) is 10.0 Å². The Labute approximate surface area is 128 Å². The Morgan fingerprint density at radius 1 is 1.09 bits per heavy atom. The van der Waals surface area contributed by atoms with Gasteiger partial charge in [0.1, 0.15) is 12.0 Å². The van der Waals surface area contributed by atoms with Gasteiger partial charge in [0.15, 0.2) is 0 Å². The van der Waals surface area contributed by atoms with Crippen molar-refractivity contribution in [1.29, 1.82) is 0 Å². The fourth-order valence-corrected chi connectivity index (χ4v) is 3.00. The number of rotatable bonds is 4. The zero-order valence-electron chi connectivity index (χ0n) is 12.3. The minimum atomic E-state index is -3.79. The Balaban J connectivity index is 2.36. The monoisotopic (exact) mass is 321 g/mol. The molecule has 0 aliphatic rings. The van der Waals surface area contributed by atoms with Crippen molar-refractivity contribution in [3.8, 4) is 0 Å². The normalized spacial score (nSPS) is 11.2. The summed E-state index contributed by atoms with van der Waals surface area (Å²) in [5.41, 5.74) is 2.04. The molecule has 0 saturated carbocycles. The lowest BCUT2D eigenvalue weighted by Gasteiger charge is -2.10. The highest BCUT2D eigenvalue weighted by atomic mass is 32.2. The number of aromatic nitrogens is 1. The molecule has 1 heterocycles. The first kappa shape index (κ1) is 15.9. The fourth-order valence-electron chi connectivity index (χ4n) is 1.83. The van der Waals surface area contributed by atoms with Crippen LogP contribution in [0.4, 0.5) is 11.5 Å². The molecular weight excluding hydrogens is 306 g/mol. The molecule has 7 nitrogen and oxygen atoms in total. The van der Waals surface area contributed by atoms with Crippen LogP contribution in [0.1, 0.15) is 16.7 Å². The van der Waals surface area contributed by atoms with Crippen molar-refractivity contribution in [2.45, 2.75) is 25.7 Å². The number of anilines is 1. The summed E-state index contributed by atoms with van der Waals surface area (Å²) in [4.78, 5) is 14.0. The van der Waals surface area contributed by atoms with Gasteiger partial charge in [0.2, 0.25) is 0 Å². The van der Waals surface area contributed by atoms with E-state index in [4.69, 9.17) is 0 Å². The predicted molar refractivity (Wildman–Crippen MR) is 82.4 cm³/mol. The molecular formula is C14H15N3O4S. The van der Waals surface area contributed by atoms with Gasteiger partial charge in [0.25, 0.3) is 15.7 Å². The highest BCUT2D eigenvalue weighted by Crippen LogP contribution is 2.22. The van der Waals surface area contributed by atoms with Gasteiger partial charge in [-0.3, -0.25) is 14.8 Å². The second-order valence-electron chi connectivity index (χ2n) is 4.97. The van der Waals surface area contributed by atoms with Crippen molar-refractivity contribution in [2.75, 3.05) is 4.72 Å². The van der Waals surface area contributed by atoms with Crippen LogP contribution < -0.4 is 4.72 Å². The van der Waals surface area contributed by atoms with E-state index in [9.17, 15) is 18.5 Å². The van der Waals surface area contributed by atoms with Gasteiger partial charge >= 0.3 is 0 Å². The molecule has 8 heteroatoms. The molecule has 0 bridgehead atoms. The van der Waals surface area contributed by atoms with Crippen LogP contribution in [-0.4, -0.2) is 18.3 Å². The second kappa shape index (κ2) is 5.72. The van der Waals surface area contributed by atoms with E-state index in [2.05, 4.69) is 9.71 Å². The number of nitrogens with one attached hydrogen (secondary N) is 1. The summed E-state index contributed by atoms with van der Waals surface area (Å²) in [6.07, 6.45) is 1.02. The largest absolute Gasteiger partial charge is 0.287 e. The first-order valence-corrected chi connectivity index (χ1v) is 7.90. The zero-order valence-corrected chi connectivity index (χ0v) is 13.1. The fraction of sp³-hybridized carbons (Fsp3) is 0.214. The summed E-state index contributed by atoms with van der Waals surface area (Å²) in [5.74, 6) is 0.0730. The molecule has 2 aromatic rings. The molecule has 0 aliphatic heterocycles. The molecule has 1 N–H and O–H groups in total. The third kappa shape index (κ3) is 3.22. The molecule has 0 fully saturated rings. The van der Waals surface area contributed by atoms with E-state index in [-0.39, 0.29) is 16.4 Å². The molecule has 0 saturated heterocycles. The highest BCUT2D eigenvalue weighted by Gasteiger charge is 2.18. The van der Waals surface area contributed by atoms with Gasteiger partial charge in [0, 0.05) is 6.07 Å². The lowest BCUT2D eigenvalue weighted by Crippen LogP contribution is -2.15. The van der Waals surface area contributed by atoms with Gasteiger partial charge in [-0.2, -0.15) is 0 Å². The van der Waals surface area contributed by atoms with Crippen LogP contribution in [0.2, 0.25) is 0 Å². The summed E-state index contributed by atoms with van der Waals surface area (Å²) in [6.45, 7) is 5.27. The summed E-state index contributed by atoms with van der Waals surface area (Å²) in [6, 6.07) is 6.06. The predicted octanol–water partition coefficient (Wildman–Crippen LogP) is 2.72. The molecule has 0 radical (unpaired) electrons. The first-order valence-electron chi connectivity index (χ1n) is 6.42. The number of pyridine rings is 1. The lowest BCUT2D eigenvalue weighted by molar-refractivity contribution is -0.385. The van der Waals surface area contributed by atoms with E-state index in [1.165, 1.54) is 12.1 Å². The van der Waals surface area contributed by atoms with E-state index in [0.29, 0.717) is 5.56 Å². The Bertz CT molecular complexity index is 847. The number of nitrogens with zero attached hydrogens (tertiary/aromatic N) is 2. The lowest BCUT2D eigenvalue weighted by atomic mass is 10.1. The van der Waals surface area contributed by atoms with Crippen molar-refractivity contribution >= 4 is 21.5 Å². The average Bonchev–Trinajstić information content (AvgIpc) is 2.43. The summed E-state index contributed by atoms with van der Waals surface area (Å²) in [7, 11) is -3.79. The third-order valence-electron chi connectivity index (χ3n) is 3.29. The van der Waals surface area contributed by atoms with Gasteiger partial charge in [-0.25, -0.2) is 13.4 Å². The molecule has 0 aliphatic carbocycles. The van der Waals surface area contributed by atoms with Crippen molar-refractivity contribution in [3.63, 3.8) is 0 Å². The molecule has 2 rings (SSSR count). The third-order valence-corrected chi connectivity index (χ3v) is 4.63. The molecule has 0 amide bonds. The van der Waals surface area contributed by atoms with E-state index in [1.54, 1.807) is 19.1 Å². The van der Waals surface area contributed by atoms with E-state index >= 15 is 0 Å². The van der Waals surface area contributed by atoms with Gasteiger partial charge in [-0.15, -0.1) is 0 Å². The Hall–Kier alpha value is -2.48. The Morgan fingerprint density at radius 3 is 2.32 bits per heavy atom. The van der Waals surface area contributed by atoms with E-state index in [1.807, 2.05) is 13.8 Å². The van der Waals surface area contributed by atoms with Crippen molar-refractivity contribution in [2.24, 2.45) is 0 Å². The van der Waals surface area contributed by atoms with Crippen LogP contribution in [0.3, 0.4) is 0 Å². The average molecular weight is 321 g/mol. The topological polar surface area (TPSA) is 102 Å². The van der Waals surface area contributed by atoms with Gasteiger partial charge in [-0.05, 0) is 49.6 Å². The maximum absolute atomic E-state index is 12.4. The van der Waals surface area contributed by atoms with Gasteiger partial charge in [-0.1, -0.05) is 6.07 Å². The van der Waals surface area contributed by atoms with Crippen LogP contribution in [0, 0.1) is 30.9 Å². The molecule has 116 valence electrons. The molecule has 1 aromatic carbocycles. The van der Waals surface area contributed by atoms with Gasteiger partial charge < -0.3 is 0 Å². The number of hydrogen-bond acceptors (Lipinski definition) is 5. The van der Waals surface area contributed by atoms with E-state index < -0.39 is 14.9 Å². The smallest absolute Gasteiger partial charge is 0.263 e. The maximum atomic E-state index is 12.4. The minimum absolute atomic E-state index is 0.0730. The second-order valence-corrected chi connectivity index (χ2v) is 6.65. The standard InChI is InChI=1S/C14H15N3O4S/c1-9-4-5-13(7-10(9)2)22(20,21)16-14-11(3)6-12(8-15-14)17(18)19/h4-8H,1-3H3,(H,15,16). The quantitative estimate of drug-likeness (QED) is 0.689. The SMILES string of the molecule is Cc1ccc(S(=O)(=O)Nc2ncc([N+](=O)[O-])cc2C)cc1C. The number of hydrogen-bond donors (Lipinski definition) is 1. The van der Waals surface area contributed by atoms with Crippen LogP contribution >= 0.6 is 0 Å². The molecule has 0 spiro atoms. The maximum Gasteiger partial charge on any atom is 0.287 e. The van der Waals surface area contributed by atoms with Gasteiger partial charge in [0.05, 0.1) is 9.82 Å². The zero-order chi connectivity index (χ0) is 16.5. The Morgan fingerprint density at radius 2 is 1.77 bits per heavy atom. The van der Waals surface area contributed by atoms with Crippen molar-refractivity contribution in [1.82, 2.24) is 4.98 Å². The number of aryl methyl sites for hydroxylation is 3. The molecule has 0 atom stereocenters. The Kier molecular flexibility index (Phi) is 4.14. The summed E-state index contributed by atoms with van der Waals surface area (Å²) in [5, 5.41) is 10.7. The van der Waals surface area contributed by atoms with Crippen molar-refractivity contribution < 1.29 is 13.3 Å². The van der Waals surface area contributed by atoms with Crippen molar-refractivity contribution in [3.05, 3.63) is 57.3 Å². The van der Waals surface area contributed by atoms with Crippen LogP contribution in [0.5, 0.6) is 0 Å². The molecule has 22 heavy (non-hydrogen) atoms. The van der Waals surface area contributed by atoms with E-state index in [0.717, 1.165) is 17.3 Å². The number of benzene rings is 1. The summed E-state index contributed by atoms with van der Waals surface area (Å²) < 4.78 is 27.1. The van der Waals surface area contributed by atoms with Crippen LogP contribution in [0.15, 0.2) is 35.4 Å². The highest BCUT2D eigenvalue weighted by molar-refractivity contribution is 7.92.